The lowest BCUT2D eigenvalue weighted by Gasteiger charge is -2.12. The molecule has 0 aromatic heterocycles. The van der Waals surface area contributed by atoms with Crippen molar-refractivity contribution >= 4 is 40.5 Å². The summed E-state index contributed by atoms with van der Waals surface area (Å²) in [5.74, 6) is -1.39. The van der Waals surface area contributed by atoms with E-state index in [0.717, 1.165) is 0 Å². The number of carbonyl (C=O) groups is 3. The minimum atomic E-state index is -1.10. The van der Waals surface area contributed by atoms with Gasteiger partial charge in [0.05, 0.1) is 5.56 Å². The molecule has 0 aliphatic rings. The molecular weight excluding hydrogens is 351 g/mol. The summed E-state index contributed by atoms with van der Waals surface area (Å²) in [6.07, 6.45) is -1.10. The Morgan fingerprint density at radius 2 is 1.94 bits per heavy atom. The SMILES string of the molecule is C[C@H](OC(=O)c1ccccc1I)C(=O)NC(N)=O. The van der Waals surface area contributed by atoms with Crippen molar-refractivity contribution in [3.8, 4) is 0 Å². The Bertz CT molecular complexity index is 490. The number of primary amides is 1. The molecule has 0 bridgehead atoms. The smallest absolute Gasteiger partial charge is 0.339 e. The zero-order valence-corrected chi connectivity index (χ0v) is 11.6. The van der Waals surface area contributed by atoms with Crippen LogP contribution >= 0.6 is 22.6 Å². The van der Waals surface area contributed by atoms with Crippen molar-refractivity contribution in [2.75, 3.05) is 0 Å². The first-order chi connectivity index (χ1) is 8.41. The maximum atomic E-state index is 11.7. The molecule has 3 N–H and O–H groups in total. The molecule has 0 fully saturated rings. The zero-order chi connectivity index (χ0) is 13.7. The molecule has 1 atom stereocenters. The van der Waals surface area contributed by atoms with E-state index in [9.17, 15) is 14.4 Å². The van der Waals surface area contributed by atoms with Gasteiger partial charge in [-0.15, -0.1) is 0 Å². The summed E-state index contributed by atoms with van der Waals surface area (Å²) in [6, 6.07) is 5.81. The van der Waals surface area contributed by atoms with Crippen LogP contribution in [0, 0.1) is 3.57 Å². The molecule has 0 radical (unpaired) electrons. The van der Waals surface area contributed by atoms with Gasteiger partial charge in [0, 0.05) is 3.57 Å². The second-order valence-electron chi connectivity index (χ2n) is 3.38. The Labute approximate surface area is 117 Å². The molecule has 96 valence electrons. The number of imide groups is 1. The van der Waals surface area contributed by atoms with Gasteiger partial charge in [-0.1, -0.05) is 12.1 Å². The summed E-state index contributed by atoms with van der Waals surface area (Å²) < 4.78 is 5.63. The van der Waals surface area contributed by atoms with Crippen molar-refractivity contribution in [2.24, 2.45) is 5.73 Å². The summed E-state index contributed by atoms with van der Waals surface area (Å²) in [5.41, 5.74) is 5.14. The maximum absolute atomic E-state index is 11.7. The highest BCUT2D eigenvalue weighted by atomic mass is 127. The third kappa shape index (κ3) is 3.99. The zero-order valence-electron chi connectivity index (χ0n) is 9.48. The Kier molecular flexibility index (Phi) is 5.08. The second kappa shape index (κ2) is 6.34. The fourth-order valence-corrected chi connectivity index (χ4v) is 1.73. The number of halogens is 1. The molecule has 0 aliphatic carbocycles. The predicted molar refractivity (Wildman–Crippen MR) is 71.8 cm³/mol. The van der Waals surface area contributed by atoms with E-state index in [0.29, 0.717) is 9.13 Å². The number of benzene rings is 1. The summed E-state index contributed by atoms with van der Waals surface area (Å²) in [7, 11) is 0. The normalized spacial score (nSPS) is 11.4. The van der Waals surface area contributed by atoms with E-state index < -0.39 is 24.0 Å². The maximum Gasteiger partial charge on any atom is 0.339 e. The van der Waals surface area contributed by atoms with Crippen LogP contribution in [0.4, 0.5) is 4.79 Å². The van der Waals surface area contributed by atoms with Gasteiger partial charge in [-0.3, -0.25) is 10.1 Å². The molecule has 0 heterocycles. The number of hydrogen-bond donors (Lipinski definition) is 2. The first-order valence-electron chi connectivity index (χ1n) is 4.97. The molecule has 18 heavy (non-hydrogen) atoms. The topological polar surface area (TPSA) is 98.5 Å². The minimum absolute atomic E-state index is 0.358. The van der Waals surface area contributed by atoms with Crippen molar-refractivity contribution in [1.82, 2.24) is 5.32 Å². The van der Waals surface area contributed by atoms with Gasteiger partial charge < -0.3 is 10.5 Å². The molecule has 7 heteroatoms. The van der Waals surface area contributed by atoms with Crippen molar-refractivity contribution in [3.05, 3.63) is 33.4 Å². The van der Waals surface area contributed by atoms with Gasteiger partial charge in [-0.05, 0) is 41.6 Å². The average Bonchev–Trinajstić information content (AvgIpc) is 2.28. The van der Waals surface area contributed by atoms with Crippen LogP contribution in [0.2, 0.25) is 0 Å². The van der Waals surface area contributed by atoms with Gasteiger partial charge in [-0.25, -0.2) is 9.59 Å². The molecule has 0 saturated carbocycles. The average molecular weight is 362 g/mol. The van der Waals surface area contributed by atoms with Crippen LogP contribution in [-0.2, 0) is 9.53 Å². The van der Waals surface area contributed by atoms with Crippen LogP contribution < -0.4 is 11.1 Å². The number of amides is 3. The van der Waals surface area contributed by atoms with Crippen LogP contribution in [-0.4, -0.2) is 24.0 Å². The molecule has 1 aromatic rings. The number of nitrogens with one attached hydrogen (secondary N) is 1. The number of ether oxygens (including phenoxy) is 1. The van der Waals surface area contributed by atoms with E-state index in [1.807, 2.05) is 27.9 Å². The van der Waals surface area contributed by atoms with Crippen molar-refractivity contribution in [2.45, 2.75) is 13.0 Å². The molecule has 0 unspecified atom stereocenters. The van der Waals surface area contributed by atoms with Crippen LogP contribution in [0.3, 0.4) is 0 Å². The Morgan fingerprint density at radius 3 is 2.50 bits per heavy atom. The molecule has 0 spiro atoms. The lowest BCUT2D eigenvalue weighted by atomic mass is 10.2. The third-order valence-corrected chi connectivity index (χ3v) is 2.93. The first-order valence-corrected chi connectivity index (χ1v) is 6.05. The van der Waals surface area contributed by atoms with Crippen LogP contribution in [0.15, 0.2) is 24.3 Å². The highest BCUT2D eigenvalue weighted by Crippen LogP contribution is 2.13. The first kappa shape index (κ1) is 14.4. The Hall–Kier alpha value is -1.64. The van der Waals surface area contributed by atoms with Crippen molar-refractivity contribution in [3.63, 3.8) is 0 Å². The number of nitrogens with two attached hydrogens (primary N) is 1. The van der Waals surface area contributed by atoms with Crippen LogP contribution in [0.25, 0.3) is 0 Å². The molecule has 3 amide bonds. The van der Waals surface area contributed by atoms with Crippen LogP contribution in [0.5, 0.6) is 0 Å². The lowest BCUT2D eigenvalue weighted by molar-refractivity contribution is -0.127. The van der Waals surface area contributed by atoms with Gasteiger partial charge >= 0.3 is 12.0 Å². The highest BCUT2D eigenvalue weighted by molar-refractivity contribution is 14.1. The Balaban J connectivity index is 2.68. The van der Waals surface area contributed by atoms with E-state index in [-0.39, 0.29) is 0 Å². The quantitative estimate of drug-likeness (QED) is 0.620. The van der Waals surface area contributed by atoms with Gasteiger partial charge in [0.25, 0.3) is 5.91 Å². The fraction of sp³-hybridized carbons (Fsp3) is 0.182. The molecule has 1 rings (SSSR count). The monoisotopic (exact) mass is 362 g/mol. The van der Waals surface area contributed by atoms with Gasteiger partial charge in [0.1, 0.15) is 0 Å². The minimum Gasteiger partial charge on any atom is -0.449 e. The molecule has 0 saturated heterocycles. The predicted octanol–water partition coefficient (Wildman–Crippen LogP) is 1.03. The van der Waals surface area contributed by atoms with E-state index in [1.54, 1.807) is 24.3 Å². The molecule has 1 aromatic carbocycles. The van der Waals surface area contributed by atoms with E-state index >= 15 is 0 Å². The largest absolute Gasteiger partial charge is 0.449 e. The second-order valence-corrected chi connectivity index (χ2v) is 4.54. The number of rotatable bonds is 3. The molecule has 0 aliphatic heterocycles. The van der Waals surface area contributed by atoms with Gasteiger partial charge in [0.2, 0.25) is 0 Å². The van der Waals surface area contributed by atoms with Crippen molar-refractivity contribution in [1.29, 1.82) is 0 Å². The summed E-state index contributed by atoms with van der Waals surface area (Å²) in [5, 5.41) is 1.83. The summed E-state index contributed by atoms with van der Waals surface area (Å²) >= 11 is 1.98. The lowest BCUT2D eigenvalue weighted by Crippen LogP contribution is -2.42. The fourth-order valence-electron chi connectivity index (χ4n) is 1.13. The summed E-state index contributed by atoms with van der Waals surface area (Å²) in [4.78, 5) is 33.5. The highest BCUT2D eigenvalue weighted by Gasteiger charge is 2.20. The number of urea groups is 1. The summed E-state index contributed by atoms with van der Waals surface area (Å²) in [6.45, 7) is 1.35. The number of esters is 1. The molecular formula is C11H11IN2O4. The van der Waals surface area contributed by atoms with E-state index in [1.165, 1.54) is 6.92 Å². The van der Waals surface area contributed by atoms with Crippen LogP contribution in [0.1, 0.15) is 17.3 Å². The number of carbonyl (C=O) groups excluding carboxylic acids is 3. The Morgan fingerprint density at radius 1 is 1.33 bits per heavy atom. The van der Waals surface area contributed by atoms with Crippen molar-refractivity contribution < 1.29 is 19.1 Å². The van der Waals surface area contributed by atoms with Gasteiger partial charge in [-0.2, -0.15) is 0 Å². The molecule has 6 nitrogen and oxygen atoms in total. The van der Waals surface area contributed by atoms with Gasteiger partial charge in [0.15, 0.2) is 6.10 Å². The standard InChI is InChI=1S/C11H11IN2O4/c1-6(9(15)14-11(13)17)18-10(16)7-4-2-3-5-8(7)12/h2-6H,1H3,(H3,13,14,15,17)/t6-/m0/s1. The van der Waals surface area contributed by atoms with E-state index in [2.05, 4.69) is 0 Å². The number of hydrogen-bond acceptors (Lipinski definition) is 4. The van der Waals surface area contributed by atoms with E-state index in [4.69, 9.17) is 10.5 Å². The third-order valence-electron chi connectivity index (χ3n) is 1.99.